The van der Waals surface area contributed by atoms with E-state index in [1.807, 2.05) is 60.7 Å². The third kappa shape index (κ3) is 6.98. The van der Waals surface area contributed by atoms with E-state index in [0.717, 1.165) is 17.7 Å². The first-order valence-corrected chi connectivity index (χ1v) is 9.97. The van der Waals surface area contributed by atoms with Gasteiger partial charge in [0, 0.05) is 0 Å². The zero-order chi connectivity index (χ0) is 17.3. The van der Waals surface area contributed by atoms with E-state index in [2.05, 4.69) is 19.2 Å². The molecular weight excluding hydrogens is 321 g/mol. The molecule has 2 aromatic rings. The van der Waals surface area contributed by atoms with Crippen LogP contribution in [0.1, 0.15) is 25.0 Å². The normalized spacial score (nSPS) is 11.8. The maximum Gasteiger partial charge on any atom is 0.344 e. The Morgan fingerprint density at radius 3 is 1.75 bits per heavy atom. The summed E-state index contributed by atoms with van der Waals surface area (Å²) in [6.45, 7) is 5.53. The summed E-state index contributed by atoms with van der Waals surface area (Å²) in [5.74, 6) is 0.474. The highest BCUT2D eigenvalue weighted by atomic mass is 31.2. The van der Waals surface area contributed by atoms with Gasteiger partial charge in [-0.25, -0.2) is 0 Å². The lowest BCUT2D eigenvalue weighted by molar-refractivity contribution is 0.189. The second-order valence-corrected chi connectivity index (χ2v) is 8.19. The van der Waals surface area contributed by atoms with Gasteiger partial charge in [0.05, 0.1) is 19.5 Å². The standard InChI is InChI=1S/C19H26NO3P/c1-17(2)13-20-16-24(21,22-14-18-9-5-3-6-10-18)23-15-19-11-7-4-8-12-19/h3-12,17,20H,13-16H2,1-2H3. The lowest BCUT2D eigenvalue weighted by Crippen LogP contribution is -2.22. The van der Waals surface area contributed by atoms with Crippen LogP contribution in [0.2, 0.25) is 0 Å². The molecule has 0 bridgehead atoms. The van der Waals surface area contributed by atoms with Crippen LogP contribution in [0.15, 0.2) is 60.7 Å². The fraction of sp³-hybridized carbons (Fsp3) is 0.368. The van der Waals surface area contributed by atoms with Crippen molar-refractivity contribution in [1.29, 1.82) is 0 Å². The summed E-state index contributed by atoms with van der Waals surface area (Å²) < 4.78 is 24.4. The molecule has 4 nitrogen and oxygen atoms in total. The quantitative estimate of drug-likeness (QED) is 0.626. The number of hydrogen-bond donors (Lipinski definition) is 1. The summed E-state index contributed by atoms with van der Waals surface area (Å²) in [6.07, 6.45) is 0.213. The lowest BCUT2D eigenvalue weighted by Gasteiger charge is -2.20. The van der Waals surface area contributed by atoms with Crippen molar-refractivity contribution in [3.05, 3.63) is 71.8 Å². The fourth-order valence-electron chi connectivity index (χ4n) is 2.11. The van der Waals surface area contributed by atoms with E-state index in [1.54, 1.807) is 0 Å². The average molecular weight is 347 g/mol. The molecule has 0 aliphatic rings. The molecule has 130 valence electrons. The summed E-state index contributed by atoms with van der Waals surface area (Å²) in [4.78, 5) is 0. The Morgan fingerprint density at radius 2 is 1.33 bits per heavy atom. The second kappa shape index (κ2) is 9.75. The van der Waals surface area contributed by atoms with Crippen LogP contribution in [0, 0.1) is 5.92 Å². The highest BCUT2D eigenvalue weighted by molar-refractivity contribution is 7.53. The van der Waals surface area contributed by atoms with Gasteiger partial charge in [-0.1, -0.05) is 74.5 Å². The molecule has 0 radical (unpaired) electrons. The minimum atomic E-state index is -3.22. The Labute approximate surface area is 144 Å². The first kappa shape index (κ1) is 18.9. The maximum atomic E-state index is 13.0. The Balaban J connectivity index is 1.95. The van der Waals surface area contributed by atoms with Gasteiger partial charge in [-0.3, -0.25) is 4.57 Å². The molecule has 0 saturated carbocycles. The van der Waals surface area contributed by atoms with E-state index in [1.165, 1.54) is 0 Å². The second-order valence-electron chi connectivity index (χ2n) is 6.14. The predicted octanol–water partition coefficient (Wildman–Crippen LogP) is 4.82. The molecule has 1 N–H and O–H groups in total. The van der Waals surface area contributed by atoms with Crippen molar-refractivity contribution in [3.63, 3.8) is 0 Å². The topological polar surface area (TPSA) is 47.6 Å². The Morgan fingerprint density at radius 1 is 0.875 bits per heavy atom. The summed E-state index contributed by atoms with van der Waals surface area (Å²) in [5.41, 5.74) is 1.95. The van der Waals surface area contributed by atoms with Crippen LogP contribution in [0.5, 0.6) is 0 Å². The van der Waals surface area contributed by atoms with Gasteiger partial charge >= 0.3 is 7.60 Å². The number of rotatable bonds is 10. The minimum absolute atomic E-state index is 0.213. The largest absolute Gasteiger partial charge is 0.344 e. The summed E-state index contributed by atoms with van der Waals surface area (Å²) in [7, 11) is -3.22. The minimum Gasteiger partial charge on any atom is -0.306 e. The number of benzene rings is 2. The van der Waals surface area contributed by atoms with Crippen LogP contribution >= 0.6 is 7.60 Å². The van der Waals surface area contributed by atoms with Crippen LogP contribution in [0.3, 0.4) is 0 Å². The van der Waals surface area contributed by atoms with E-state index in [9.17, 15) is 4.57 Å². The van der Waals surface area contributed by atoms with Crippen LogP contribution in [0.4, 0.5) is 0 Å². The van der Waals surface area contributed by atoms with Crippen molar-refractivity contribution in [3.8, 4) is 0 Å². The summed E-state index contributed by atoms with van der Waals surface area (Å²) in [5, 5.41) is 3.18. The van der Waals surface area contributed by atoms with Gasteiger partial charge in [-0.05, 0) is 23.6 Å². The molecule has 0 aliphatic heterocycles. The molecule has 0 fully saturated rings. The maximum absolute atomic E-state index is 13.0. The Bertz CT molecular complexity index is 584. The molecule has 0 saturated heterocycles. The molecule has 0 aliphatic carbocycles. The Kier molecular flexibility index (Phi) is 7.67. The van der Waals surface area contributed by atoms with Crippen molar-refractivity contribution in [2.24, 2.45) is 5.92 Å². The highest BCUT2D eigenvalue weighted by Gasteiger charge is 2.24. The molecule has 0 unspecified atom stereocenters. The van der Waals surface area contributed by atoms with Crippen molar-refractivity contribution in [2.45, 2.75) is 27.1 Å². The van der Waals surface area contributed by atoms with Crippen LogP contribution < -0.4 is 5.32 Å². The molecular formula is C19H26NO3P. The molecule has 24 heavy (non-hydrogen) atoms. The summed E-state index contributed by atoms with van der Waals surface area (Å²) in [6, 6.07) is 19.4. The van der Waals surface area contributed by atoms with E-state index in [0.29, 0.717) is 5.92 Å². The molecule has 5 heteroatoms. The van der Waals surface area contributed by atoms with E-state index in [-0.39, 0.29) is 19.5 Å². The number of nitrogens with one attached hydrogen (secondary N) is 1. The van der Waals surface area contributed by atoms with Gasteiger partial charge < -0.3 is 14.4 Å². The SMILES string of the molecule is CC(C)CNCP(=O)(OCc1ccccc1)OCc1ccccc1. The third-order valence-electron chi connectivity index (χ3n) is 3.40. The average Bonchev–Trinajstić information content (AvgIpc) is 2.60. The van der Waals surface area contributed by atoms with E-state index in [4.69, 9.17) is 9.05 Å². The van der Waals surface area contributed by atoms with E-state index < -0.39 is 7.60 Å². The molecule has 0 amide bonds. The van der Waals surface area contributed by atoms with Gasteiger partial charge in [0.1, 0.15) is 0 Å². The zero-order valence-electron chi connectivity index (χ0n) is 14.4. The fourth-order valence-corrected chi connectivity index (χ4v) is 3.46. The molecule has 0 atom stereocenters. The van der Waals surface area contributed by atoms with Gasteiger partial charge in [-0.15, -0.1) is 0 Å². The van der Waals surface area contributed by atoms with Crippen LogP contribution in [-0.4, -0.2) is 12.8 Å². The van der Waals surface area contributed by atoms with Gasteiger partial charge in [-0.2, -0.15) is 0 Å². The lowest BCUT2D eigenvalue weighted by atomic mass is 10.2. The first-order valence-electron chi connectivity index (χ1n) is 8.24. The monoisotopic (exact) mass is 347 g/mol. The zero-order valence-corrected chi connectivity index (χ0v) is 15.2. The van der Waals surface area contributed by atoms with Gasteiger partial charge in [0.25, 0.3) is 0 Å². The molecule has 0 aromatic heterocycles. The number of hydrogen-bond acceptors (Lipinski definition) is 4. The molecule has 2 aromatic carbocycles. The predicted molar refractivity (Wildman–Crippen MR) is 97.8 cm³/mol. The molecule has 2 rings (SSSR count). The van der Waals surface area contributed by atoms with E-state index >= 15 is 0 Å². The molecule has 0 spiro atoms. The summed E-state index contributed by atoms with van der Waals surface area (Å²) >= 11 is 0. The van der Waals surface area contributed by atoms with Crippen molar-refractivity contribution >= 4 is 7.60 Å². The third-order valence-corrected chi connectivity index (χ3v) is 5.06. The highest BCUT2D eigenvalue weighted by Crippen LogP contribution is 2.48. The van der Waals surface area contributed by atoms with Crippen molar-refractivity contribution in [1.82, 2.24) is 5.32 Å². The van der Waals surface area contributed by atoms with Crippen LogP contribution in [-0.2, 0) is 26.8 Å². The van der Waals surface area contributed by atoms with Gasteiger partial charge in [0.2, 0.25) is 0 Å². The van der Waals surface area contributed by atoms with Crippen molar-refractivity contribution in [2.75, 3.05) is 12.8 Å². The Hall–Kier alpha value is -1.45. The van der Waals surface area contributed by atoms with Gasteiger partial charge in [0.15, 0.2) is 0 Å². The first-order chi connectivity index (χ1) is 11.6. The van der Waals surface area contributed by atoms with Crippen molar-refractivity contribution < 1.29 is 13.6 Å². The molecule has 0 heterocycles. The smallest absolute Gasteiger partial charge is 0.306 e. The van der Waals surface area contributed by atoms with Crippen LogP contribution in [0.25, 0.3) is 0 Å².